The van der Waals surface area contributed by atoms with Crippen LogP contribution in [0.15, 0.2) is 29.4 Å². The highest BCUT2D eigenvalue weighted by Gasteiger charge is 2.34. The van der Waals surface area contributed by atoms with Crippen molar-refractivity contribution in [3.63, 3.8) is 0 Å². The van der Waals surface area contributed by atoms with Crippen molar-refractivity contribution in [1.82, 2.24) is 14.6 Å². The molecule has 2 unspecified atom stereocenters. The SMILES string of the molecule is NCC1CCCCC1NC(=O)C1CCN(S(=O)(=O)c2cccnc2)CC1. The first-order chi connectivity index (χ1) is 12.5. The van der Waals surface area contributed by atoms with Crippen molar-refractivity contribution in [1.29, 1.82) is 0 Å². The van der Waals surface area contributed by atoms with Crippen LogP contribution in [0.4, 0.5) is 0 Å². The van der Waals surface area contributed by atoms with Gasteiger partial charge in [-0.05, 0) is 50.3 Å². The zero-order chi connectivity index (χ0) is 18.6. The van der Waals surface area contributed by atoms with Crippen molar-refractivity contribution >= 4 is 15.9 Å². The summed E-state index contributed by atoms with van der Waals surface area (Å²) in [4.78, 5) is 16.7. The second-order valence-corrected chi connectivity index (χ2v) is 9.20. The lowest BCUT2D eigenvalue weighted by molar-refractivity contribution is -0.127. The van der Waals surface area contributed by atoms with Crippen molar-refractivity contribution < 1.29 is 13.2 Å². The summed E-state index contributed by atoms with van der Waals surface area (Å²) in [6.07, 6.45) is 8.38. The summed E-state index contributed by atoms with van der Waals surface area (Å²) in [6.45, 7) is 1.33. The van der Waals surface area contributed by atoms with Crippen molar-refractivity contribution in [3.8, 4) is 0 Å². The van der Waals surface area contributed by atoms with Gasteiger partial charge >= 0.3 is 0 Å². The standard InChI is InChI=1S/C18H28N4O3S/c19-12-15-4-1-2-6-17(15)21-18(23)14-7-10-22(11-8-14)26(24,25)16-5-3-9-20-13-16/h3,5,9,13-15,17H,1-2,4,6-8,10-12,19H2,(H,21,23). The van der Waals surface area contributed by atoms with E-state index in [1.807, 2.05) is 0 Å². The number of carbonyl (C=O) groups is 1. The van der Waals surface area contributed by atoms with Crippen LogP contribution in [0.5, 0.6) is 0 Å². The van der Waals surface area contributed by atoms with Crippen LogP contribution in [-0.2, 0) is 14.8 Å². The maximum atomic E-state index is 12.6. The molecule has 0 radical (unpaired) electrons. The zero-order valence-electron chi connectivity index (χ0n) is 15.0. The summed E-state index contributed by atoms with van der Waals surface area (Å²) in [6, 6.07) is 3.33. The molecule has 1 saturated carbocycles. The number of rotatable bonds is 5. The highest BCUT2D eigenvalue weighted by atomic mass is 32.2. The Labute approximate surface area is 155 Å². The number of sulfonamides is 1. The molecule has 1 saturated heterocycles. The zero-order valence-corrected chi connectivity index (χ0v) is 15.8. The molecular formula is C18H28N4O3S. The average Bonchev–Trinajstić information content (AvgIpc) is 2.69. The predicted octanol–water partition coefficient (Wildman–Crippen LogP) is 1.12. The number of nitrogens with two attached hydrogens (primary N) is 1. The van der Waals surface area contributed by atoms with Gasteiger partial charge in [-0.25, -0.2) is 8.42 Å². The fourth-order valence-corrected chi connectivity index (χ4v) is 5.42. The fraction of sp³-hybridized carbons (Fsp3) is 0.667. The number of pyridine rings is 1. The number of nitrogens with one attached hydrogen (secondary N) is 1. The van der Waals surface area contributed by atoms with Gasteiger partial charge in [0, 0.05) is 37.4 Å². The summed E-state index contributed by atoms with van der Waals surface area (Å²) < 4.78 is 26.7. The topological polar surface area (TPSA) is 105 Å². The summed E-state index contributed by atoms with van der Waals surface area (Å²) in [7, 11) is -3.53. The van der Waals surface area contributed by atoms with E-state index < -0.39 is 10.0 Å². The van der Waals surface area contributed by atoms with Gasteiger partial charge in [0.2, 0.25) is 15.9 Å². The average molecular weight is 381 g/mol. The minimum Gasteiger partial charge on any atom is -0.353 e. The van der Waals surface area contributed by atoms with Crippen LogP contribution in [-0.4, -0.2) is 49.3 Å². The van der Waals surface area contributed by atoms with Gasteiger partial charge in [-0.2, -0.15) is 4.31 Å². The number of amides is 1. The van der Waals surface area contributed by atoms with E-state index >= 15 is 0 Å². The quantitative estimate of drug-likeness (QED) is 0.796. The molecule has 0 aromatic carbocycles. The van der Waals surface area contributed by atoms with Gasteiger partial charge in [0.05, 0.1) is 0 Å². The van der Waals surface area contributed by atoms with Gasteiger partial charge in [0.25, 0.3) is 0 Å². The molecule has 1 amide bonds. The van der Waals surface area contributed by atoms with Crippen LogP contribution in [0.1, 0.15) is 38.5 Å². The fourth-order valence-electron chi connectivity index (χ4n) is 3.99. The molecular weight excluding hydrogens is 352 g/mol. The Hall–Kier alpha value is -1.51. The van der Waals surface area contributed by atoms with Crippen molar-refractivity contribution in [3.05, 3.63) is 24.5 Å². The van der Waals surface area contributed by atoms with Crippen molar-refractivity contribution in [2.75, 3.05) is 19.6 Å². The van der Waals surface area contributed by atoms with E-state index in [2.05, 4.69) is 10.3 Å². The van der Waals surface area contributed by atoms with E-state index in [9.17, 15) is 13.2 Å². The van der Waals surface area contributed by atoms with Crippen LogP contribution < -0.4 is 11.1 Å². The predicted molar refractivity (Wildman–Crippen MR) is 98.7 cm³/mol. The third-order valence-corrected chi connectivity index (χ3v) is 7.52. The Balaban J connectivity index is 1.55. The van der Waals surface area contributed by atoms with Crippen LogP contribution in [0.25, 0.3) is 0 Å². The van der Waals surface area contributed by atoms with Crippen molar-refractivity contribution in [2.45, 2.75) is 49.5 Å². The lowest BCUT2D eigenvalue weighted by Gasteiger charge is -2.34. The first-order valence-corrected chi connectivity index (χ1v) is 10.9. The molecule has 1 aromatic rings. The number of carbonyl (C=O) groups excluding carboxylic acids is 1. The molecule has 2 fully saturated rings. The molecule has 8 heteroatoms. The van der Waals surface area contributed by atoms with Gasteiger partial charge in [-0.1, -0.05) is 12.8 Å². The van der Waals surface area contributed by atoms with Gasteiger partial charge < -0.3 is 11.1 Å². The van der Waals surface area contributed by atoms with E-state index in [-0.39, 0.29) is 22.8 Å². The second kappa shape index (κ2) is 8.45. The Morgan fingerprint density at radius 1 is 1.23 bits per heavy atom. The van der Waals surface area contributed by atoms with Crippen LogP contribution >= 0.6 is 0 Å². The first kappa shape index (κ1) is 19.3. The maximum Gasteiger partial charge on any atom is 0.244 e. The van der Waals surface area contributed by atoms with E-state index in [1.54, 1.807) is 18.3 Å². The van der Waals surface area contributed by atoms with Gasteiger partial charge in [-0.3, -0.25) is 9.78 Å². The van der Waals surface area contributed by atoms with Gasteiger partial charge in [0.15, 0.2) is 0 Å². The summed E-state index contributed by atoms with van der Waals surface area (Å²) in [5, 5.41) is 3.18. The molecule has 1 aromatic heterocycles. The number of piperidine rings is 1. The molecule has 0 spiro atoms. The molecule has 3 N–H and O–H groups in total. The lowest BCUT2D eigenvalue weighted by atomic mass is 9.84. The third kappa shape index (κ3) is 4.24. The first-order valence-electron chi connectivity index (χ1n) is 9.43. The molecule has 26 heavy (non-hydrogen) atoms. The van der Waals surface area contributed by atoms with Crippen LogP contribution in [0, 0.1) is 11.8 Å². The highest BCUT2D eigenvalue weighted by molar-refractivity contribution is 7.89. The Bertz CT molecular complexity index is 702. The number of nitrogens with zero attached hydrogens (tertiary/aromatic N) is 2. The smallest absolute Gasteiger partial charge is 0.244 e. The van der Waals surface area contributed by atoms with Crippen LogP contribution in [0.2, 0.25) is 0 Å². The molecule has 0 bridgehead atoms. The monoisotopic (exact) mass is 380 g/mol. The molecule has 1 aliphatic heterocycles. The molecule has 144 valence electrons. The molecule has 3 rings (SSSR count). The molecule has 2 atom stereocenters. The number of aromatic nitrogens is 1. The molecule has 2 heterocycles. The van der Waals surface area contributed by atoms with E-state index in [4.69, 9.17) is 5.73 Å². The second-order valence-electron chi connectivity index (χ2n) is 7.26. The minimum absolute atomic E-state index is 0.0498. The van der Waals surface area contributed by atoms with E-state index in [1.165, 1.54) is 16.9 Å². The van der Waals surface area contributed by atoms with Gasteiger partial charge in [0.1, 0.15) is 4.90 Å². The van der Waals surface area contributed by atoms with Crippen LogP contribution in [0.3, 0.4) is 0 Å². The normalized spacial score (nSPS) is 25.7. The largest absolute Gasteiger partial charge is 0.353 e. The summed E-state index contributed by atoms with van der Waals surface area (Å²) in [5.41, 5.74) is 5.84. The molecule has 1 aliphatic carbocycles. The third-order valence-electron chi connectivity index (χ3n) is 5.64. The Morgan fingerprint density at radius 2 is 1.96 bits per heavy atom. The number of hydrogen-bond donors (Lipinski definition) is 2. The summed E-state index contributed by atoms with van der Waals surface area (Å²) in [5.74, 6) is 0.281. The van der Waals surface area contributed by atoms with E-state index in [0.29, 0.717) is 38.4 Å². The number of hydrogen-bond acceptors (Lipinski definition) is 5. The minimum atomic E-state index is -3.53. The van der Waals surface area contributed by atoms with E-state index in [0.717, 1.165) is 19.3 Å². The molecule has 7 nitrogen and oxygen atoms in total. The van der Waals surface area contributed by atoms with Gasteiger partial charge in [-0.15, -0.1) is 0 Å². The van der Waals surface area contributed by atoms with Crippen molar-refractivity contribution in [2.24, 2.45) is 17.6 Å². The lowest BCUT2D eigenvalue weighted by Crippen LogP contribution is -2.49. The molecule has 2 aliphatic rings. The Morgan fingerprint density at radius 3 is 2.62 bits per heavy atom. The Kier molecular flexibility index (Phi) is 6.26. The highest BCUT2D eigenvalue weighted by Crippen LogP contribution is 2.26. The maximum absolute atomic E-state index is 12.6. The summed E-state index contributed by atoms with van der Waals surface area (Å²) >= 11 is 0.